The lowest BCUT2D eigenvalue weighted by Gasteiger charge is -2.30. The Morgan fingerprint density at radius 3 is 1.22 bits per heavy atom. The molecule has 0 rings (SSSR count). The van der Waals surface area contributed by atoms with E-state index in [1.165, 1.54) is 218 Å². The molecule has 0 saturated heterocycles. The summed E-state index contributed by atoms with van der Waals surface area (Å²) in [5.41, 5.74) is 0. The number of phosphoric ester groups is 1. The molecule has 0 radical (unpaired) electrons. The fraction of sp³-hybridized carbons (Fsp3) is 0.945. The van der Waals surface area contributed by atoms with Crippen LogP contribution in [0.5, 0.6) is 0 Å². The van der Waals surface area contributed by atoms with Gasteiger partial charge in [0.05, 0.1) is 39.9 Å². The van der Waals surface area contributed by atoms with Gasteiger partial charge < -0.3 is 28.8 Å². The molecule has 0 bridgehead atoms. The van der Waals surface area contributed by atoms with Crippen molar-refractivity contribution in [2.75, 3.05) is 40.9 Å². The maximum atomic E-state index is 12.9. The van der Waals surface area contributed by atoms with Crippen molar-refractivity contribution in [1.29, 1.82) is 0 Å². The molecule has 8 nitrogen and oxygen atoms in total. The first kappa shape index (κ1) is 63.2. The zero-order chi connectivity index (χ0) is 47.1. The number of amides is 1. The Bertz CT molecular complexity index is 1050. The number of nitrogens with one attached hydrogen (secondary N) is 1. The highest BCUT2D eigenvalue weighted by Crippen LogP contribution is 2.38. The Morgan fingerprint density at radius 1 is 0.531 bits per heavy atom. The van der Waals surface area contributed by atoms with Crippen LogP contribution in [0.15, 0.2) is 12.2 Å². The number of quaternary nitrogens is 1. The van der Waals surface area contributed by atoms with Crippen LogP contribution < -0.4 is 10.2 Å². The first-order valence-corrected chi connectivity index (χ1v) is 29.5. The maximum absolute atomic E-state index is 12.9. The van der Waals surface area contributed by atoms with Gasteiger partial charge in [0.25, 0.3) is 7.82 Å². The Balaban J connectivity index is 3.95. The molecule has 1 amide bonds. The summed E-state index contributed by atoms with van der Waals surface area (Å²) in [7, 11) is 1.32. The van der Waals surface area contributed by atoms with Gasteiger partial charge in [-0.25, -0.2) is 0 Å². The number of carbonyl (C=O) groups is 1. The van der Waals surface area contributed by atoms with Crippen LogP contribution in [-0.4, -0.2) is 68.5 Å². The second-order valence-corrected chi connectivity index (χ2v) is 22.1. The molecule has 382 valence electrons. The molecule has 64 heavy (non-hydrogen) atoms. The average Bonchev–Trinajstić information content (AvgIpc) is 3.25. The molecular weight excluding hydrogens is 816 g/mol. The standard InChI is InChI=1S/C55H111N2O6P/c1-6-8-10-12-14-16-18-19-20-21-22-23-24-25-26-27-28-29-30-31-32-33-34-35-36-37-39-41-43-45-47-49-55(59)56-53(52-63-64(60,61)62-51-50-57(3,4)5)54(58)48-46-44-42-40-38-17-15-13-11-9-7-2/h21-22,53-54,58H,6-20,23-52H2,1-5H3,(H-,56,59,60,61)/b22-21-. The number of likely N-dealkylation sites (N-methyl/N-ethyl adjacent to an activating group) is 1. The minimum atomic E-state index is -4.56. The molecule has 0 aromatic heterocycles. The van der Waals surface area contributed by atoms with Crippen LogP contribution in [0.3, 0.4) is 0 Å². The van der Waals surface area contributed by atoms with Crippen molar-refractivity contribution in [3.8, 4) is 0 Å². The molecule has 2 N–H and O–H groups in total. The summed E-state index contributed by atoms with van der Waals surface area (Å²) in [6, 6.07) is -0.795. The molecule has 0 saturated carbocycles. The van der Waals surface area contributed by atoms with E-state index in [1.54, 1.807) is 0 Å². The Hall–Kier alpha value is -0.760. The SMILES string of the molecule is CCCCCCCCCC/C=C\CCCCCCCCCCCCCCCCCCCCCC(=O)NC(COP(=O)([O-])OCC[N+](C)(C)C)C(O)CCCCCCCCCCCCC. The summed E-state index contributed by atoms with van der Waals surface area (Å²) < 4.78 is 23.3. The van der Waals surface area contributed by atoms with Gasteiger partial charge in [-0.2, -0.15) is 0 Å². The van der Waals surface area contributed by atoms with E-state index < -0.39 is 20.0 Å². The number of hydrogen-bond donors (Lipinski definition) is 2. The van der Waals surface area contributed by atoms with Crippen molar-refractivity contribution in [2.45, 2.75) is 296 Å². The van der Waals surface area contributed by atoms with Crippen LogP contribution in [-0.2, 0) is 18.4 Å². The van der Waals surface area contributed by atoms with Crippen LogP contribution in [0.25, 0.3) is 0 Å². The zero-order valence-corrected chi connectivity index (χ0v) is 44.4. The highest BCUT2D eigenvalue weighted by molar-refractivity contribution is 7.45. The van der Waals surface area contributed by atoms with Crippen LogP contribution >= 0.6 is 7.82 Å². The van der Waals surface area contributed by atoms with Gasteiger partial charge >= 0.3 is 0 Å². The molecule has 0 aromatic carbocycles. The van der Waals surface area contributed by atoms with Crippen molar-refractivity contribution >= 4 is 13.7 Å². The molecule has 0 aromatic rings. The van der Waals surface area contributed by atoms with Gasteiger partial charge in [-0.3, -0.25) is 9.36 Å². The van der Waals surface area contributed by atoms with Gasteiger partial charge in [0.15, 0.2) is 0 Å². The fourth-order valence-corrected chi connectivity index (χ4v) is 9.29. The van der Waals surface area contributed by atoms with Gasteiger partial charge in [-0.1, -0.05) is 251 Å². The molecule has 0 fully saturated rings. The number of nitrogens with zero attached hydrogens (tertiary/aromatic N) is 1. The highest BCUT2D eigenvalue weighted by Gasteiger charge is 2.24. The van der Waals surface area contributed by atoms with Gasteiger partial charge in [0, 0.05) is 6.42 Å². The van der Waals surface area contributed by atoms with Crippen LogP contribution in [0.2, 0.25) is 0 Å². The molecule has 3 unspecified atom stereocenters. The number of unbranched alkanes of at least 4 members (excludes halogenated alkanes) is 37. The number of aliphatic hydroxyl groups excluding tert-OH is 1. The van der Waals surface area contributed by atoms with E-state index >= 15 is 0 Å². The smallest absolute Gasteiger partial charge is 0.268 e. The molecule has 0 aliphatic rings. The zero-order valence-electron chi connectivity index (χ0n) is 43.5. The molecule has 0 spiro atoms. The van der Waals surface area contributed by atoms with Crippen molar-refractivity contribution in [2.24, 2.45) is 0 Å². The topological polar surface area (TPSA) is 108 Å². The number of phosphoric acid groups is 1. The summed E-state index contributed by atoms with van der Waals surface area (Å²) in [5, 5.41) is 13.9. The number of allylic oxidation sites excluding steroid dienone is 2. The molecular formula is C55H111N2O6P. The Morgan fingerprint density at radius 2 is 0.859 bits per heavy atom. The largest absolute Gasteiger partial charge is 0.756 e. The van der Waals surface area contributed by atoms with E-state index in [4.69, 9.17) is 9.05 Å². The maximum Gasteiger partial charge on any atom is 0.268 e. The van der Waals surface area contributed by atoms with E-state index in [2.05, 4.69) is 31.3 Å². The van der Waals surface area contributed by atoms with Crippen LogP contribution in [0.4, 0.5) is 0 Å². The van der Waals surface area contributed by atoms with E-state index in [0.29, 0.717) is 23.9 Å². The summed E-state index contributed by atoms with van der Waals surface area (Å²) in [6.07, 6.45) is 56.9. The fourth-order valence-electron chi connectivity index (χ4n) is 8.57. The quantitative estimate of drug-likeness (QED) is 0.0272. The van der Waals surface area contributed by atoms with Crippen LogP contribution in [0.1, 0.15) is 284 Å². The van der Waals surface area contributed by atoms with Gasteiger partial charge in [0.2, 0.25) is 5.91 Å². The van der Waals surface area contributed by atoms with Crippen molar-refractivity contribution in [3.63, 3.8) is 0 Å². The third-order valence-electron chi connectivity index (χ3n) is 13.0. The second kappa shape index (κ2) is 47.3. The molecule has 3 atom stereocenters. The van der Waals surface area contributed by atoms with Crippen molar-refractivity contribution in [1.82, 2.24) is 5.32 Å². The van der Waals surface area contributed by atoms with Gasteiger partial charge in [-0.05, 0) is 38.5 Å². The Kier molecular flexibility index (Phi) is 46.8. The number of carbonyl (C=O) groups excluding carboxylic acids is 1. The first-order valence-electron chi connectivity index (χ1n) is 28.0. The van der Waals surface area contributed by atoms with E-state index in [1.807, 2.05) is 21.1 Å². The first-order chi connectivity index (χ1) is 31.0. The number of rotatable bonds is 52. The minimum Gasteiger partial charge on any atom is -0.756 e. The lowest BCUT2D eigenvalue weighted by Crippen LogP contribution is -2.46. The van der Waals surface area contributed by atoms with Gasteiger partial charge in [0.1, 0.15) is 13.2 Å². The predicted molar refractivity (Wildman–Crippen MR) is 275 cm³/mol. The molecule has 0 aliphatic carbocycles. The lowest BCUT2D eigenvalue weighted by molar-refractivity contribution is -0.870. The average molecular weight is 927 g/mol. The normalized spacial score (nSPS) is 14.0. The summed E-state index contributed by atoms with van der Waals surface area (Å²) in [6.45, 7) is 4.74. The minimum absolute atomic E-state index is 0.0151. The van der Waals surface area contributed by atoms with Crippen LogP contribution in [0, 0.1) is 0 Å². The summed E-state index contributed by atoms with van der Waals surface area (Å²) >= 11 is 0. The summed E-state index contributed by atoms with van der Waals surface area (Å²) in [5.74, 6) is -0.160. The van der Waals surface area contributed by atoms with Crippen molar-refractivity contribution in [3.05, 3.63) is 12.2 Å². The number of hydrogen-bond acceptors (Lipinski definition) is 6. The van der Waals surface area contributed by atoms with E-state index in [9.17, 15) is 19.4 Å². The molecule has 0 heterocycles. The van der Waals surface area contributed by atoms with Crippen molar-refractivity contribution < 1.29 is 32.9 Å². The molecule has 0 aliphatic heterocycles. The highest BCUT2D eigenvalue weighted by atomic mass is 31.2. The van der Waals surface area contributed by atoms with E-state index in [0.717, 1.165) is 38.5 Å². The van der Waals surface area contributed by atoms with Gasteiger partial charge in [-0.15, -0.1) is 0 Å². The predicted octanol–water partition coefficient (Wildman–Crippen LogP) is 16.0. The lowest BCUT2D eigenvalue weighted by atomic mass is 10.0. The van der Waals surface area contributed by atoms with E-state index in [-0.39, 0.29) is 19.1 Å². The number of aliphatic hydroxyl groups is 1. The Labute approximate surface area is 399 Å². The third kappa shape index (κ3) is 49.2. The third-order valence-corrected chi connectivity index (χ3v) is 14.0. The second-order valence-electron chi connectivity index (χ2n) is 20.6. The summed E-state index contributed by atoms with van der Waals surface area (Å²) in [4.78, 5) is 25.4. The monoisotopic (exact) mass is 927 g/mol. The molecule has 9 heteroatoms.